The number of benzene rings is 2. The fourth-order valence-electron chi connectivity index (χ4n) is 2.45. The van der Waals surface area contributed by atoms with Crippen molar-refractivity contribution in [2.24, 2.45) is 0 Å². The van der Waals surface area contributed by atoms with Crippen molar-refractivity contribution in [2.45, 2.75) is 29.4 Å². The van der Waals surface area contributed by atoms with E-state index in [-0.39, 0.29) is 16.9 Å². The van der Waals surface area contributed by atoms with Crippen molar-refractivity contribution in [3.8, 4) is 0 Å². The summed E-state index contributed by atoms with van der Waals surface area (Å²) in [5.74, 6) is -1.05. The second kappa shape index (κ2) is 8.28. The van der Waals surface area contributed by atoms with Crippen LogP contribution in [0.1, 0.15) is 30.1 Å². The fourth-order valence-corrected chi connectivity index (χ4v) is 4.60. The van der Waals surface area contributed by atoms with E-state index in [1.165, 1.54) is 24.3 Å². The molecule has 2 aromatic rings. The van der Waals surface area contributed by atoms with Gasteiger partial charge in [-0.25, -0.2) is 17.2 Å². The third-order valence-electron chi connectivity index (χ3n) is 3.67. The molecule has 24 heavy (non-hydrogen) atoms. The Bertz CT molecular complexity index is 793. The highest BCUT2D eigenvalue weighted by Gasteiger charge is 2.31. The van der Waals surface area contributed by atoms with Gasteiger partial charge in [0.15, 0.2) is 9.84 Å². The molecule has 0 N–H and O–H groups in total. The van der Waals surface area contributed by atoms with Crippen molar-refractivity contribution in [2.75, 3.05) is 5.88 Å². The first kappa shape index (κ1) is 19.2. The lowest BCUT2D eigenvalue weighted by atomic mass is 10.1. The van der Waals surface area contributed by atoms with Crippen LogP contribution >= 0.6 is 23.2 Å². The molecule has 2 rings (SSSR count). The van der Waals surface area contributed by atoms with Crippen molar-refractivity contribution >= 4 is 33.0 Å². The molecule has 2 aromatic carbocycles. The van der Waals surface area contributed by atoms with E-state index in [1.807, 2.05) is 0 Å². The van der Waals surface area contributed by atoms with Crippen LogP contribution < -0.4 is 0 Å². The maximum absolute atomic E-state index is 14.2. The quantitative estimate of drug-likeness (QED) is 0.457. The lowest BCUT2D eigenvalue weighted by Gasteiger charge is -2.19. The summed E-state index contributed by atoms with van der Waals surface area (Å²) in [5.41, 5.74) is -0.167. The molecule has 0 aliphatic heterocycles. The third-order valence-corrected chi connectivity index (χ3v) is 6.36. The SMILES string of the molecule is O=S(=O)(c1ccc(Cl)cc1)C(CCCCCl)c1cc(F)ccc1F. The van der Waals surface area contributed by atoms with Gasteiger partial charge in [0, 0.05) is 16.5 Å². The molecule has 0 amide bonds. The molecule has 0 saturated carbocycles. The van der Waals surface area contributed by atoms with E-state index in [2.05, 4.69) is 0 Å². The van der Waals surface area contributed by atoms with Crippen molar-refractivity contribution in [1.82, 2.24) is 0 Å². The van der Waals surface area contributed by atoms with Crippen LogP contribution in [0.15, 0.2) is 47.4 Å². The number of sulfone groups is 1. The molecule has 7 heteroatoms. The minimum atomic E-state index is -3.90. The average Bonchev–Trinajstić information content (AvgIpc) is 2.54. The summed E-state index contributed by atoms with van der Waals surface area (Å²) in [4.78, 5) is 0.0198. The summed E-state index contributed by atoms with van der Waals surface area (Å²) in [6.45, 7) is 0. The minimum Gasteiger partial charge on any atom is -0.223 e. The monoisotopic (exact) mass is 392 g/mol. The first-order valence-corrected chi connectivity index (χ1v) is 9.82. The van der Waals surface area contributed by atoms with Crippen LogP contribution in [0.5, 0.6) is 0 Å². The molecule has 0 radical (unpaired) electrons. The first-order chi connectivity index (χ1) is 11.4. The van der Waals surface area contributed by atoms with Gasteiger partial charge in [0.25, 0.3) is 0 Å². The third kappa shape index (κ3) is 4.47. The largest absolute Gasteiger partial charge is 0.223 e. The van der Waals surface area contributed by atoms with Crippen molar-refractivity contribution in [3.05, 3.63) is 64.7 Å². The van der Waals surface area contributed by atoms with Crippen LogP contribution in [0, 0.1) is 11.6 Å². The van der Waals surface area contributed by atoms with Crippen LogP contribution in [0.4, 0.5) is 8.78 Å². The lowest BCUT2D eigenvalue weighted by molar-refractivity contribution is 0.545. The van der Waals surface area contributed by atoms with Gasteiger partial charge in [-0.05, 0) is 55.3 Å². The van der Waals surface area contributed by atoms with Crippen LogP contribution in [0.3, 0.4) is 0 Å². The van der Waals surface area contributed by atoms with Crippen LogP contribution in [0.25, 0.3) is 0 Å². The Morgan fingerprint density at radius 3 is 2.29 bits per heavy atom. The van der Waals surface area contributed by atoms with Gasteiger partial charge in [-0.15, -0.1) is 11.6 Å². The highest BCUT2D eigenvalue weighted by Crippen LogP contribution is 2.35. The molecule has 0 aliphatic carbocycles. The lowest BCUT2D eigenvalue weighted by Crippen LogP contribution is -2.16. The predicted octanol–water partition coefficient (Wildman–Crippen LogP) is 5.54. The maximum atomic E-state index is 14.2. The molecule has 0 aliphatic rings. The van der Waals surface area contributed by atoms with Gasteiger partial charge in [0.2, 0.25) is 0 Å². The Balaban J connectivity index is 2.48. The number of halogens is 4. The normalized spacial score (nSPS) is 13.0. The Labute approximate surface area is 150 Å². The van der Waals surface area contributed by atoms with Crippen LogP contribution in [-0.2, 0) is 9.84 Å². The van der Waals surface area contributed by atoms with E-state index in [0.717, 1.165) is 18.2 Å². The van der Waals surface area contributed by atoms with E-state index >= 15 is 0 Å². The van der Waals surface area contributed by atoms with E-state index in [9.17, 15) is 17.2 Å². The van der Waals surface area contributed by atoms with Crippen molar-refractivity contribution in [1.29, 1.82) is 0 Å². The zero-order valence-electron chi connectivity index (χ0n) is 12.7. The summed E-state index contributed by atoms with van der Waals surface area (Å²) < 4.78 is 53.6. The molecule has 2 nitrogen and oxygen atoms in total. The molecule has 0 heterocycles. The fraction of sp³-hybridized carbons (Fsp3) is 0.294. The molecular formula is C17H16Cl2F2O2S. The summed E-state index contributed by atoms with van der Waals surface area (Å²) in [7, 11) is -3.90. The molecule has 0 saturated heterocycles. The zero-order chi connectivity index (χ0) is 17.7. The van der Waals surface area contributed by atoms with Gasteiger partial charge in [-0.3, -0.25) is 0 Å². The van der Waals surface area contributed by atoms with Gasteiger partial charge < -0.3 is 0 Å². The summed E-state index contributed by atoms with van der Waals surface area (Å²) in [5, 5.41) is -0.790. The molecule has 0 bridgehead atoms. The molecule has 0 aromatic heterocycles. The Morgan fingerprint density at radius 2 is 1.67 bits per heavy atom. The first-order valence-electron chi connectivity index (χ1n) is 7.36. The van der Waals surface area contributed by atoms with Crippen LogP contribution in [-0.4, -0.2) is 14.3 Å². The van der Waals surface area contributed by atoms with Gasteiger partial charge in [0.1, 0.15) is 11.6 Å². The van der Waals surface area contributed by atoms with E-state index in [4.69, 9.17) is 23.2 Å². The number of hydrogen-bond acceptors (Lipinski definition) is 2. The molecule has 130 valence electrons. The van der Waals surface area contributed by atoms with Gasteiger partial charge in [0.05, 0.1) is 10.1 Å². The summed E-state index contributed by atoms with van der Waals surface area (Å²) in [6.07, 6.45) is 1.22. The standard InChI is InChI=1S/C17H16Cl2F2O2S/c18-10-2-1-3-17(15-11-13(20)6-9-16(15)21)24(22,23)14-7-4-12(19)5-8-14/h4-9,11,17H,1-3,10H2. The topological polar surface area (TPSA) is 34.1 Å². The highest BCUT2D eigenvalue weighted by atomic mass is 35.5. The highest BCUT2D eigenvalue weighted by molar-refractivity contribution is 7.91. The molecule has 0 spiro atoms. The Hall–Kier alpha value is -1.17. The number of unbranched alkanes of at least 4 members (excludes halogenated alkanes) is 1. The Morgan fingerprint density at radius 1 is 1.00 bits per heavy atom. The van der Waals surface area contributed by atoms with Gasteiger partial charge in [-0.2, -0.15) is 0 Å². The van der Waals surface area contributed by atoms with E-state index in [1.54, 1.807) is 0 Å². The summed E-state index contributed by atoms with van der Waals surface area (Å²) >= 11 is 11.4. The minimum absolute atomic E-state index is 0.0198. The maximum Gasteiger partial charge on any atom is 0.185 e. The average molecular weight is 393 g/mol. The molecule has 1 atom stereocenters. The van der Waals surface area contributed by atoms with Crippen LogP contribution in [0.2, 0.25) is 5.02 Å². The summed E-state index contributed by atoms with van der Waals surface area (Å²) in [6, 6.07) is 8.47. The zero-order valence-corrected chi connectivity index (χ0v) is 15.0. The van der Waals surface area contributed by atoms with Crippen molar-refractivity contribution < 1.29 is 17.2 Å². The van der Waals surface area contributed by atoms with E-state index in [0.29, 0.717) is 23.7 Å². The van der Waals surface area contributed by atoms with Gasteiger partial charge >= 0.3 is 0 Å². The second-order valence-corrected chi connectivity index (χ2v) is 8.28. The number of hydrogen-bond donors (Lipinski definition) is 0. The molecule has 0 fully saturated rings. The number of alkyl halides is 1. The van der Waals surface area contributed by atoms with Gasteiger partial charge in [-0.1, -0.05) is 18.0 Å². The smallest absolute Gasteiger partial charge is 0.185 e. The molecule has 1 unspecified atom stereocenters. The molecular weight excluding hydrogens is 377 g/mol. The number of rotatable bonds is 7. The second-order valence-electron chi connectivity index (χ2n) is 5.34. The van der Waals surface area contributed by atoms with E-state index < -0.39 is 26.7 Å². The predicted molar refractivity (Wildman–Crippen MR) is 92.3 cm³/mol. The Kier molecular flexibility index (Phi) is 6.61. The van der Waals surface area contributed by atoms with Crippen molar-refractivity contribution in [3.63, 3.8) is 0 Å².